The van der Waals surface area contributed by atoms with Crippen LogP contribution in [0.25, 0.3) is 42.9 Å². The zero-order valence-electron chi connectivity index (χ0n) is 27.8. The van der Waals surface area contributed by atoms with E-state index in [4.69, 9.17) is 14.6 Å². The van der Waals surface area contributed by atoms with Crippen LogP contribution in [0.15, 0.2) is 73.2 Å². The molecule has 0 fully saturated rings. The van der Waals surface area contributed by atoms with Crippen molar-refractivity contribution in [3.8, 4) is 50.7 Å². The lowest BCUT2D eigenvalue weighted by atomic mass is 9.96. The van der Waals surface area contributed by atoms with E-state index in [0.717, 1.165) is 15.7 Å². The molecule has 0 aliphatic rings. The first-order chi connectivity index (χ1) is 23.2. The summed E-state index contributed by atoms with van der Waals surface area (Å²) in [5, 5.41) is 12.9. The largest absolute Gasteiger partial charge is 0.421 e. The molecular weight excluding hydrogens is 603 g/mol. The Morgan fingerprint density at radius 2 is 2.00 bits per heavy atom. The number of nitrogens with one attached hydrogen (secondary N) is 1. The minimum atomic E-state index is -2.65. The van der Waals surface area contributed by atoms with Crippen molar-refractivity contribution in [3.05, 3.63) is 96.1 Å². The minimum absolute atomic E-state index is 0.00547. The fourth-order valence-electron chi connectivity index (χ4n) is 4.91. The second-order valence-electron chi connectivity index (χ2n) is 10.5. The van der Waals surface area contributed by atoms with Crippen LogP contribution in [0.3, 0.4) is 0 Å². The highest BCUT2D eigenvalue weighted by molar-refractivity contribution is 7.23. The van der Waals surface area contributed by atoms with Gasteiger partial charge in [-0.15, -0.1) is 11.3 Å². The number of thiophene rings is 1. The number of carbonyl (C=O) groups excluding carboxylic acids is 1. The number of amides is 1. The number of hydrogen-bond donors (Lipinski definition) is 2. The Labute approximate surface area is 271 Å². The van der Waals surface area contributed by atoms with E-state index in [1.165, 1.54) is 42.1 Å². The maximum absolute atomic E-state index is 15.8. The highest BCUT2D eigenvalue weighted by Crippen LogP contribution is 2.50. The van der Waals surface area contributed by atoms with E-state index in [-0.39, 0.29) is 35.0 Å². The number of carbonyl (C=O) groups is 1. The molecule has 0 unspecified atom stereocenters. The minimum Gasteiger partial charge on any atom is -0.421 e. The van der Waals surface area contributed by atoms with E-state index in [1.807, 2.05) is 25.1 Å². The molecule has 0 radical (unpaired) electrons. The van der Waals surface area contributed by atoms with E-state index in [9.17, 15) is 10.1 Å². The average molecular weight is 634 g/mol. The highest BCUT2D eigenvalue weighted by Gasteiger charge is 2.24. The number of hydrogen-bond acceptors (Lipinski definition) is 9. The molecule has 46 heavy (non-hydrogen) atoms. The van der Waals surface area contributed by atoms with Crippen molar-refractivity contribution in [2.75, 3.05) is 11.1 Å². The van der Waals surface area contributed by atoms with Crippen LogP contribution in [0, 0.1) is 31.0 Å². The number of nitrogens with two attached hydrogens (primary N) is 1. The Balaban J connectivity index is 1.57. The first kappa shape index (κ1) is 26.5. The third-order valence-electron chi connectivity index (χ3n) is 7.13. The van der Waals surface area contributed by atoms with Gasteiger partial charge in [-0.2, -0.15) is 5.26 Å². The van der Waals surface area contributed by atoms with Gasteiger partial charge in [0.2, 0.25) is 5.82 Å². The number of ether oxygens (including phenoxy) is 1. The van der Waals surface area contributed by atoms with E-state index in [0.29, 0.717) is 48.6 Å². The SMILES string of the molecule is [2H]C([2H])([2H])n1cc(-c2cnc(N)c3c(-c4ccc(Oc5nccc(C)n5)c(F)c4)c(-c4ccc(NC(=O)C(=C)C)cc4C)sc23)nc1C#N. The number of anilines is 2. The van der Waals surface area contributed by atoms with Gasteiger partial charge in [-0.3, -0.25) is 4.79 Å². The summed E-state index contributed by atoms with van der Waals surface area (Å²) in [6.07, 6.45) is 4.26. The monoisotopic (exact) mass is 633 g/mol. The lowest BCUT2D eigenvalue weighted by molar-refractivity contribution is -0.112. The number of nitrogens with zero attached hydrogens (tertiary/aromatic N) is 6. The van der Waals surface area contributed by atoms with E-state index < -0.39 is 12.8 Å². The number of halogens is 1. The van der Waals surface area contributed by atoms with Crippen LogP contribution in [-0.2, 0) is 11.8 Å². The van der Waals surface area contributed by atoms with Crippen molar-refractivity contribution in [2.45, 2.75) is 20.8 Å². The third-order valence-corrected chi connectivity index (χ3v) is 8.39. The molecular formula is C34H27FN8O2S. The number of aromatic nitrogens is 5. The summed E-state index contributed by atoms with van der Waals surface area (Å²) >= 11 is 1.32. The first-order valence-electron chi connectivity index (χ1n) is 15.3. The summed E-state index contributed by atoms with van der Waals surface area (Å²) in [6.45, 7) is 6.29. The zero-order valence-corrected chi connectivity index (χ0v) is 25.7. The van der Waals surface area contributed by atoms with Crippen LogP contribution in [-0.4, -0.2) is 30.4 Å². The van der Waals surface area contributed by atoms with Crippen LogP contribution >= 0.6 is 11.3 Å². The van der Waals surface area contributed by atoms with Gasteiger partial charge in [0, 0.05) is 68.0 Å². The highest BCUT2D eigenvalue weighted by atomic mass is 32.1. The average Bonchev–Trinajstić information content (AvgIpc) is 3.66. The van der Waals surface area contributed by atoms with Gasteiger partial charge in [0.15, 0.2) is 11.6 Å². The van der Waals surface area contributed by atoms with Crippen molar-refractivity contribution in [1.29, 1.82) is 5.26 Å². The molecule has 4 aromatic heterocycles. The topological polar surface area (TPSA) is 145 Å². The predicted molar refractivity (Wildman–Crippen MR) is 177 cm³/mol. The molecule has 4 heterocycles. The molecule has 3 N–H and O–H groups in total. The molecule has 12 heteroatoms. The molecule has 6 aromatic rings. The van der Waals surface area contributed by atoms with Crippen LogP contribution in [0.4, 0.5) is 15.9 Å². The maximum atomic E-state index is 15.8. The summed E-state index contributed by atoms with van der Waals surface area (Å²) < 4.78 is 46.4. The molecule has 2 aromatic carbocycles. The molecule has 0 saturated carbocycles. The third kappa shape index (κ3) is 5.55. The van der Waals surface area contributed by atoms with Crippen LogP contribution < -0.4 is 15.8 Å². The van der Waals surface area contributed by atoms with E-state index in [1.54, 1.807) is 32.0 Å². The number of imidazole rings is 1. The lowest BCUT2D eigenvalue weighted by Gasteiger charge is -2.12. The number of fused-ring (bicyclic) bond motifs is 1. The molecule has 0 atom stereocenters. The van der Waals surface area contributed by atoms with Crippen LogP contribution in [0.5, 0.6) is 11.8 Å². The second-order valence-corrected chi connectivity index (χ2v) is 11.5. The van der Waals surface area contributed by atoms with Crippen molar-refractivity contribution >= 4 is 38.8 Å². The Morgan fingerprint density at radius 1 is 1.17 bits per heavy atom. The Kier molecular flexibility index (Phi) is 6.83. The van der Waals surface area contributed by atoms with Crippen molar-refractivity contribution in [3.63, 3.8) is 0 Å². The van der Waals surface area contributed by atoms with Gasteiger partial charge in [-0.25, -0.2) is 24.3 Å². The van der Waals surface area contributed by atoms with Crippen molar-refractivity contribution in [2.24, 2.45) is 6.98 Å². The molecule has 0 bridgehead atoms. The van der Waals surface area contributed by atoms with Crippen molar-refractivity contribution < 1.29 is 18.0 Å². The summed E-state index contributed by atoms with van der Waals surface area (Å²) in [5.74, 6) is -1.24. The quantitative estimate of drug-likeness (QED) is 0.174. The maximum Gasteiger partial charge on any atom is 0.322 e. The lowest BCUT2D eigenvalue weighted by Crippen LogP contribution is -2.11. The number of benzene rings is 2. The molecule has 1 amide bonds. The van der Waals surface area contributed by atoms with Gasteiger partial charge in [-0.05, 0) is 67.8 Å². The molecule has 10 nitrogen and oxygen atoms in total. The molecule has 6 rings (SSSR count). The van der Waals surface area contributed by atoms with E-state index in [2.05, 4.69) is 31.8 Å². The molecule has 0 aliphatic carbocycles. The fourth-order valence-corrected chi connectivity index (χ4v) is 6.35. The van der Waals surface area contributed by atoms with Crippen molar-refractivity contribution in [1.82, 2.24) is 24.5 Å². The predicted octanol–water partition coefficient (Wildman–Crippen LogP) is 7.34. The van der Waals surface area contributed by atoms with Gasteiger partial charge in [-0.1, -0.05) is 18.7 Å². The number of aryl methyl sites for hydroxylation is 3. The summed E-state index contributed by atoms with van der Waals surface area (Å²) in [5.41, 5.74) is 11.3. The van der Waals surface area contributed by atoms with Gasteiger partial charge in [0.1, 0.15) is 11.9 Å². The van der Waals surface area contributed by atoms with Gasteiger partial charge in [0.25, 0.3) is 5.91 Å². The Bertz CT molecular complexity index is 2360. The van der Waals surface area contributed by atoms with Gasteiger partial charge >= 0.3 is 6.01 Å². The molecule has 0 saturated heterocycles. The fraction of sp³-hybridized carbons (Fsp3) is 0.118. The number of nitrogen functional groups attached to an aromatic ring is 1. The first-order valence-corrected chi connectivity index (χ1v) is 14.6. The standard InChI is InChI=1S/C34H27FN8O2S/c1-17(2)33(44)41-21-7-8-22(18(3)12-21)30-28(20-6-9-26(24(35)13-20)45-34-38-11-10-19(4)40-34)29-31(46-30)23(15-39-32(29)37)25-16-43(5)27(14-36)42-25/h6-13,15-16H,1H2,2-5H3,(H2,37,39)(H,41,44)/i5D3. The zero-order chi connectivity index (χ0) is 35.2. The van der Waals surface area contributed by atoms with Crippen LogP contribution in [0.2, 0.25) is 0 Å². The normalized spacial score (nSPS) is 12.2. The molecule has 228 valence electrons. The number of rotatable bonds is 7. The van der Waals surface area contributed by atoms with E-state index >= 15 is 4.39 Å². The van der Waals surface area contributed by atoms with Gasteiger partial charge < -0.3 is 20.4 Å². The van der Waals surface area contributed by atoms with Gasteiger partial charge in [0.05, 0.1) is 10.4 Å². The number of pyridine rings is 1. The Hall–Kier alpha value is -5.93. The summed E-state index contributed by atoms with van der Waals surface area (Å²) in [6, 6.07) is 13.4. The van der Waals surface area contributed by atoms with Crippen LogP contribution in [0.1, 0.15) is 28.1 Å². The number of nitriles is 1. The summed E-state index contributed by atoms with van der Waals surface area (Å²) in [7, 11) is 0. The molecule has 0 spiro atoms. The second kappa shape index (κ2) is 11.9. The Morgan fingerprint density at radius 3 is 2.67 bits per heavy atom. The smallest absolute Gasteiger partial charge is 0.322 e. The molecule has 0 aliphatic heterocycles. The summed E-state index contributed by atoms with van der Waals surface area (Å²) in [4.78, 5) is 29.9.